The Balaban J connectivity index is 1.24. The molecule has 0 N–H and O–H groups in total. The van der Waals surface area contributed by atoms with E-state index in [0.29, 0.717) is 38.2 Å². The molecule has 5 aliphatic rings. The van der Waals surface area contributed by atoms with Crippen molar-refractivity contribution in [3.63, 3.8) is 0 Å². The number of likely N-dealkylation sites (N-methyl/N-ethyl adjacent to an activating group) is 1. The molecule has 1 amide bonds. The van der Waals surface area contributed by atoms with Crippen LogP contribution in [0.2, 0.25) is 0 Å². The molecule has 2 saturated heterocycles. The van der Waals surface area contributed by atoms with Gasteiger partial charge >= 0.3 is 0 Å². The minimum absolute atomic E-state index is 0.0727. The van der Waals surface area contributed by atoms with Gasteiger partial charge in [0.25, 0.3) is 11.8 Å². The molecular formula is C33H42FN5O3. The summed E-state index contributed by atoms with van der Waals surface area (Å²) in [6, 6.07) is 6.90. The molecule has 4 aliphatic heterocycles. The fourth-order valence-corrected chi connectivity index (χ4v) is 7.75. The van der Waals surface area contributed by atoms with Crippen LogP contribution in [0, 0.1) is 0 Å². The van der Waals surface area contributed by atoms with E-state index in [1.807, 2.05) is 6.92 Å². The van der Waals surface area contributed by atoms with Crippen LogP contribution in [0.1, 0.15) is 55.0 Å². The van der Waals surface area contributed by atoms with Crippen LogP contribution in [0.15, 0.2) is 30.6 Å². The lowest BCUT2D eigenvalue weighted by atomic mass is 9.89. The van der Waals surface area contributed by atoms with Crippen LogP contribution in [-0.2, 0) is 30.6 Å². The molecule has 0 bridgehead atoms. The summed E-state index contributed by atoms with van der Waals surface area (Å²) in [6.45, 7) is 9.91. The maximum Gasteiger partial charge on any atom is 0.282 e. The summed E-state index contributed by atoms with van der Waals surface area (Å²) in [4.78, 5) is 26.6. The third-order valence-corrected chi connectivity index (χ3v) is 10.1. The molecule has 1 aliphatic carbocycles. The second-order valence-corrected chi connectivity index (χ2v) is 12.7. The molecule has 9 heteroatoms. The first-order chi connectivity index (χ1) is 20.4. The van der Waals surface area contributed by atoms with Gasteiger partial charge < -0.3 is 29.1 Å². The lowest BCUT2D eigenvalue weighted by Gasteiger charge is -2.49. The first-order valence-corrected chi connectivity index (χ1v) is 15.7. The van der Waals surface area contributed by atoms with Crippen LogP contribution in [-0.4, -0.2) is 85.3 Å². The number of rotatable bonds is 5. The number of aromatic nitrogens is 1. The quantitative estimate of drug-likeness (QED) is 0.494. The van der Waals surface area contributed by atoms with Gasteiger partial charge in [0.05, 0.1) is 24.0 Å². The number of carbonyl (C=O) groups excluding carboxylic acids is 1. The molecule has 0 unspecified atom stereocenters. The van der Waals surface area contributed by atoms with Gasteiger partial charge in [-0.3, -0.25) is 4.79 Å². The molecule has 2 aromatic rings. The number of pyridine rings is 1. The van der Waals surface area contributed by atoms with E-state index in [0.717, 1.165) is 62.4 Å². The summed E-state index contributed by atoms with van der Waals surface area (Å²) in [7, 11) is 2.16. The average Bonchev–Trinajstić information content (AvgIpc) is 3.42. The molecule has 224 valence electrons. The Morgan fingerprint density at radius 2 is 2.00 bits per heavy atom. The highest BCUT2D eigenvalue weighted by molar-refractivity contribution is 5.91. The van der Waals surface area contributed by atoms with Gasteiger partial charge in [0.2, 0.25) is 5.75 Å². The van der Waals surface area contributed by atoms with Crippen LogP contribution < -0.4 is 19.3 Å². The monoisotopic (exact) mass is 575 g/mol. The fraction of sp³-hybridized carbons (Fsp3) is 0.576. The number of nitrogens with zero attached hydrogens (tertiary/aromatic N) is 5. The van der Waals surface area contributed by atoms with Crippen molar-refractivity contribution in [3.05, 3.63) is 53.0 Å². The number of amides is 1. The highest BCUT2D eigenvalue weighted by atomic mass is 19.1. The van der Waals surface area contributed by atoms with Crippen LogP contribution >= 0.6 is 0 Å². The van der Waals surface area contributed by atoms with Gasteiger partial charge in [-0.2, -0.15) is 0 Å². The molecule has 0 saturated carbocycles. The van der Waals surface area contributed by atoms with Gasteiger partial charge in [0.15, 0.2) is 5.83 Å². The molecular weight excluding hydrogens is 533 g/mol. The molecule has 3 atom stereocenters. The Hall–Kier alpha value is -3.33. The lowest BCUT2D eigenvalue weighted by Crippen LogP contribution is -2.62. The topological polar surface area (TPSA) is 61.4 Å². The molecule has 8 nitrogen and oxygen atoms in total. The second-order valence-electron chi connectivity index (χ2n) is 12.7. The van der Waals surface area contributed by atoms with E-state index in [1.165, 1.54) is 41.6 Å². The van der Waals surface area contributed by atoms with E-state index in [4.69, 9.17) is 14.5 Å². The summed E-state index contributed by atoms with van der Waals surface area (Å²) in [5, 5.41) is 0. The van der Waals surface area contributed by atoms with Gasteiger partial charge in [-0.1, -0.05) is 18.7 Å². The smallest absolute Gasteiger partial charge is 0.282 e. The Labute approximate surface area is 248 Å². The maximum absolute atomic E-state index is 13.9. The molecule has 7 rings (SSSR count). The van der Waals surface area contributed by atoms with Crippen molar-refractivity contribution in [2.24, 2.45) is 0 Å². The summed E-state index contributed by atoms with van der Waals surface area (Å²) in [5.74, 6) is -0.248. The molecule has 42 heavy (non-hydrogen) atoms. The number of carbonyl (C=O) groups is 1. The van der Waals surface area contributed by atoms with Crippen molar-refractivity contribution in [1.29, 1.82) is 0 Å². The van der Waals surface area contributed by atoms with Crippen molar-refractivity contribution < 1.29 is 18.7 Å². The predicted molar refractivity (Wildman–Crippen MR) is 161 cm³/mol. The third kappa shape index (κ3) is 4.79. The van der Waals surface area contributed by atoms with Crippen molar-refractivity contribution in [2.75, 3.05) is 56.2 Å². The highest BCUT2D eigenvalue weighted by Crippen LogP contribution is 2.47. The minimum Gasteiger partial charge on any atom is -0.484 e. The zero-order valence-corrected chi connectivity index (χ0v) is 24.9. The predicted octanol–water partition coefficient (Wildman–Crippen LogP) is 4.28. The summed E-state index contributed by atoms with van der Waals surface area (Å²) >= 11 is 0. The van der Waals surface area contributed by atoms with Gasteiger partial charge in [0, 0.05) is 43.0 Å². The number of piperazine rings is 1. The third-order valence-electron chi connectivity index (χ3n) is 10.1. The Bertz CT molecular complexity index is 1400. The number of benzene rings is 1. The lowest BCUT2D eigenvalue weighted by molar-refractivity contribution is -0.131. The highest BCUT2D eigenvalue weighted by Gasteiger charge is 2.42. The number of ether oxygens (including phenoxy) is 2. The number of hydrogen-bond donors (Lipinski definition) is 0. The van der Waals surface area contributed by atoms with Crippen LogP contribution in [0.3, 0.4) is 0 Å². The van der Waals surface area contributed by atoms with Gasteiger partial charge in [-0.15, -0.1) is 0 Å². The molecule has 2 fully saturated rings. The van der Waals surface area contributed by atoms with Crippen molar-refractivity contribution in [1.82, 2.24) is 14.8 Å². The maximum atomic E-state index is 13.9. The average molecular weight is 576 g/mol. The number of fused-ring (bicyclic) bond motifs is 6. The summed E-state index contributed by atoms with van der Waals surface area (Å²) in [5.41, 5.74) is 7.63. The number of halogens is 1. The number of anilines is 2. The van der Waals surface area contributed by atoms with E-state index in [2.05, 4.69) is 46.5 Å². The van der Waals surface area contributed by atoms with Crippen molar-refractivity contribution >= 4 is 17.3 Å². The van der Waals surface area contributed by atoms with E-state index in [-0.39, 0.29) is 12.1 Å². The SMILES string of the molecule is C=C(F)C(=O)N1C[C@@H]2COc3c(OC[C@@H]4CCCN4C)nc4c(c3N2C[C@H]1C)CCN(c1cccc2c1CCCC2)C4. The Morgan fingerprint density at radius 3 is 2.81 bits per heavy atom. The van der Waals surface area contributed by atoms with Gasteiger partial charge in [-0.05, 0) is 82.7 Å². The van der Waals surface area contributed by atoms with Gasteiger partial charge in [0.1, 0.15) is 13.2 Å². The Morgan fingerprint density at radius 1 is 1.14 bits per heavy atom. The van der Waals surface area contributed by atoms with Crippen LogP contribution in [0.25, 0.3) is 0 Å². The minimum atomic E-state index is -0.912. The molecule has 5 heterocycles. The van der Waals surface area contributed by atoms with Crippen molar-refractivity contribution in [3.8, 4) is 11.6 Å². The number of likely N-dealkylation sites (tertiary alicyclic amines) is 1. The van der Waals surface area contributed by atoms with Gasteiger partial charge in [-0.25, -0.2) is 9.37 Å². The van der Waals surface area contributed by atoms with E-state index >= 15 is 0 Å². The standard InChI is InChI=1S/C33H42FN5O3/c1-21-16-39-25(17-38(21)33(40)22(2)34)20-41-31-30(39)27-13-15-37(29-12-6-9-23-8-4-5-11-26(23)29)18-28(27)35-32(31)42-19-24-10-7-14-36(24)3/h6,9,12,21,24-25H,2,4-5,7-8,10-11,13-20H2,1,3H3/t21-,24+,25-/m1/s1. The first-order valence-electron chi connectivity index (χ1n) is 15.7. The van der Waals surface area contributed by atoms with Crippen LogP contribution in [0.4, 0.5) is 15.8 Å². The molecule has 0 spiro atoms. The number of aryl methyl sites for hydroxylation is 1. The fourth-order valence-electron chi connectivity index (χ4n) is 7.75. The summed E-state index contributed by atoms with van der Waals surface area (Å²) < 4.78 is 26.8. The van der Waals surface area contributed by atoms with E-state index < -0.39 is 11.7 Å². The molecule has 1 aromatic heterocycles. The van der Waals surface area contributed by atoms with Crippen LogP contribution in [0.5, 0.6) is 11.6 Å². The Kier molecular flexibility index (Phi) is 7.24. The normalized spacial score (nSPS) is 25.2. The first kappa shape index (κ1) is 27.5. The van der Waals surface area contributed by atoms with Crippen molar-refractivity contribution in [2.45, 2.75) is 76.5 Å². The second kappa shape index (κ2) is 11.1. The molecule has 1 aromatic carbocycles. The van der Waals surface area contributed by atoms with E-state index in [9.17, 15) is 9.18 Å². The zero-order chi connectivity index (χ0) is 29.0. The zero-order valence-electron chi connectivity index (χ0n) is 24.9. The number of hydrogen-bond acceptors (Lipinski definition) is 7. The largest absolute Gasteiger partial charge is 0.484 e. The summed E-state index contributed by atoms with van der Waals surface area (Å²) in [6.07, 6.45) is 7.96. The van der Waals surface area contributed by atoms with E-state index in [1.54, 1.807) is 4.90 Å². The molecule has 0 radical (unpaired) electrons.